The summed E-state index contributed by atoms with van der Waals surface area (Å²) in [6.07, 6.45) is 3.41. The molecule has 0 amide bonds. The number of nitro groups is 1. The van der Waals surface area contributed by atoms with E-state index in [2.05, 4.69) is 4.98 Å². The van der Waals surface area contributed by atoms with Crippen molar-refractivity contribution in [2.24, 2.45) is 0 Å². The quantitative estimate of drug-likeness (QED) is 0.328. The molecular formula is C21H20N2O5. The van der Waals surface area contributed by atoms with Gasteiger partial charge in [0.15, 0.2) is 0 Å². The van der Waals surface area contributed by atoms with E-state index in [4.69, 9.17) is 14.2 Å². The molecule has 2 aromatic carbocycles. The van der Waals surface area contributed by atoms with Gasteiger partial charge >= 0.3 is 0 Å². The largest absolute Gasteiger partial charge is 0.491 e. The summed E-state index contributed by atoms with van der Waals surface area (Å²) in [6, 6.07) is 14.2. The number of aromatic nitrogens is 1. The van der Waals surface area contributed by atoms with Crippen LogP contribution in [0.4, 0.5) is 5.69 Å². The zero-order valence-corrected chi connectivity index (χ0v) is 15.6. The van der Waals surface area contributed by atoms with Crippen molar-refractivity contribution in [3.05, 3.63) is 69.8 Å². The van der Waals surface area contributed by atoms with Crippen molar-refractivity contribution >= 4 is 28.7 Å². The highest BCUT2D eigenvalue weighted by Gasteiger charge is 2.13. The van der Waals surface area contributed by atoms with Crippen molar-refractivity contribution in [3.8, 4) is 11.6 Å². The first-order valence-corrected chi connectivity index (χ1v) is 8.64. The number of nitrogens with zero attached hydrogens (tertiary/aromatic N) is 2. The molecule has 0 fully saturated rings. The molecule has 0 N–H and O–H groups in total. The van der Waals surface area contributed by atoms with E-state index in [-0.39, 0.29) is 5.69 Å². The van der Waals surface area contributed by atoms with Crippen molar-refractivity contribution in [3.63, 3.8) is 0 Å². The van der Waals surface area contributed by atoms with Crippen LogP contribution in [0.15, 0.2) is 48.5 Å². The fraction of sp³-hybridized carbons (Fsp3) is 0.190. The Bertz CT molecular complexity index is 1020. The average molecular weight is 380 g/mol. The van der Waals surface area contributed by atoms with Gasteiger partial charge in [0, 0.05) is 24.1 Å². The number of benzene rings is 2. The third kappa shape index (κ3) is 4.44. The number of nitro benzene ring substituents is 1. The van der Waals surface area contributed by atoms with Crippen LogP contribution in [0.25, 0.3) is 23.1 Å². The topological polar surface area (TPSA) is 83.7 Å². The lowest BCUT2D eigenvalue weighted by atomic mass is 10.1. The summed E-state index contributed by atoms with van der Waals surface area (Å²) < 4.78 is 15.9. The lowest BCUT2D eigenvalue weighted by Crippen LogP contribution is -2.04. The minimum atomic E-state index is -0.422. The number of hydrogen-bond acceptors (Lipinski definition) is 6. The Hall–Kier alpha value is -3.45. The number of methoxy groups -OCH3 is 2. The number of hydrogen-bond donors (Lipinski definition) is 0. The molecule has 3 rings (SSSR count). The maximum atomic E-state index is 11.4. The van der Waals surface area contributed by atoms with Gasteiger partial charge in [-0.2, -0.15) is 0 Å². The summed E-state index contributed by atoms with van der Waals surface area (Å²) in [6.45, 7) is 0.794. The monoisotopic (exact) mass is 380 g/mol. The van der Waals surface area contributed by atoms with Crippen LogP contribution in [-0.4, -0.2) is 37.3 Å². The summed E-state index contributed by atoms with van der Waals surface area (Å²) in [4.78, 5) is 15.4. The Morgan fingerprint density at radius 3 is 2.57 bits per heavy atom. The normalized spacial score (nSPS) is 11.1. The molecule has 1 aromatic heterocycles. The summed E-state index contributed by atoms with van der Waals surface area (Å²) in [5, 5.41) is 12.3. The highest BCUT2D eigenvalue weighted by Crippen LogP contribution is 2.28. The minimum Gasteiger partial charge on any atom is -0.491 e. The van der Waals surface area contributed by atoms with E-state index >= 15 is 0 Å². The highest BCUT2D eigenvalue weighted by molar-refractivity contribution is 5.85. The van der Waals surface area contributed by atoms with Crippen LogP contribution in [0.5, 0.6) is 11.6 Å². The molecule has 0 bridgehead atoms. The average Bonchev–Trinajstić information content (AvgIpc) is 2.71. The van der Waals surface area contributed by atoms with Crippen LogP contribution >= 0.6 is 0 Å². The number of rotatable bonds is 8. The maximum absolute atomic E-state index is 11.4. The van der Waals surface area contributed by atoms with Gasteiger partial charge in [0.25, 0.3) is 5.69 Å². The third-order valence-electron chi connectivity index (χ3n) is 4.10. The van der Waals surface area contributed by atoms with Crippen LogP contribution in [-0.2, 0) is 4.74 Å². The van der Waals surface area contributed by atoms with Crippen molar-refractivity contribution in [2.75, 3.05) is 27.4 Å². The number of pyridine rings is 1. The fourth-order valence-electron chi connectivity index (χ4n) is 2.74. The predicted octanol–water partition coefficient (Wildman–Crippen LogP) is 4.35. The lowest BCUT2D eigenvalue weighted by molar-refractivity contribution is -0.385. The van der Waals surface area contributed by atoms with E-state index in [1.54, 1.807) is 38.5 Å². The van der Waals surface area contributed by atoms with Crippen LogP contribution in [0.2, 0.25) is 0 Å². The molecule has 28 heavy (non-hydrogen) atoms. The predicted molar refractivity (Wildman–Crippen MR) is 108 cm³/mol. The summed E-state index contributed by atoms with van der Waals surface area (Å²) in [7, 11) is 3.12. The van der Waals surface area contributed by atoms with Gasteiger partial charge in [-0.1, -0.05) is 18.2 Å². The van der Waals surface area contributed by atoms with Gasteiger partial charge in [-0.3, -0.25) is 10.1 Å². The van der Waals surface area contributed by atoms with E-state index in [1.165, 1.54) is 6.07 Å². The highest BCUT2D eigenvalue weighted by atomic mass is 16.6. The molecule has 0 aliphatic rings. The Labute approximate surface area is 162 Å². The molecule has 0 aliphatic heterocycles. The second kappa shape index (κ2) is 8.96. The van der Waals surface area contributed by atoms with E-state index in [9.17, 15) is 10.1 Å². The molecule has 0 atom stereocenters. The first-order valence-electron chi connectivity index (χ1n) is 8.64. The molecule has 0 radical (unpaired) electrons. The van der Waals surface area contributed by atoms with Gasteiger partial charge in [-0.05, 0) is 36.4 Å². The van der Waals surface area contributed by atoms with Crippen LogP contribution in [0.1, 0.15) is 11.1 Å². The van der Waals surface area contributed by atoms with Crippen molar-refractivity contribution in [2.45, 2.75) is 0 Å². The van der Waals surface area contributed by atoms with Gasteiger partial charge in [0.1, 0.15) is 12.4 Å². The zero-order chi connectivity index (χ0) is 19.9. The Balaban J connectivity index is 1.97. The zero-order valence-electron chi connectivity index (χ0n) is 15.6. The molecule has 144 valence electrons. The van der Waals surface area contributed by atoms with Gasteiger partial charge in [-0.25, -0.2) is 4.98 Å². The first kappa shape index (κ1) is 19.3. The number of fused-ring (bicyclic) bond motifs is 1. The SMILES string of the molecule is COCCOc1ccc([N+](=O)[O-])c(C=Cc2cc3ccccc3nc2OC)c1. The Morgan fingerprint density at radius 2 is 1.82 bits per heavy atom. The Kier molecular flexibility index (Phi) is 6.18. The van der Waals surface area contributed by atoms with Crippen LogP contribution in [0, 0.1) is 10.1 Å². The third-order valence-corrected chi connectivity index (χ3v) is 4.10. The van der Waals surface area contributed by atoms with Crippen molar-refractivity contribution < 1.29 is 19.1 Å². The molecule has 0 unspecified atom stereocenters. The van der Waals surface area contributed by atoms with E-state index in [0.717, 1.165) is 16.5 Å². The second-order valence-electron chi connectivity index (χ2n) is 5.93. The molecule has 0 saturated carbocycles. The van der Waals surface area contributed by atoms with Crippen molar-refractivity contribution in [1.82, 2.24) is 4.98 Å². The second-order valence-corrected chi connectivity index (χ2v) is 5.93. The van der Waals surface area contributed by atoms with Crippen LogP contribution < -0.4 is 9.47 Å². The van der Waals surface area contributed by atoms with E-state index in [0.29, 0.717) is 30.4 Å². The molecule has 7 heteroatoms. The Morgan fingerprint density at radius 1 is 1.04 bits per heavy atom. The lowest BCUT2D eigenvalue weighted by Gasteiger charge is -2.08. The molecule has 1 heterocycles. The summed E-state index contributed by atoms with van der Waals surface area (Å²) in [5.41, 5.74) is 1.95. The van der Waals surface area contributed by atoms with Crippen LogP contribution in [0.3, 0.4) is 0 Å². The smallest absolute Gasteiger partial charge is 0.276 e. The van der Waals surface area contributed by atoms with E-state index < -0.39 is 4.92 Å². The minimum absolute atomic E-state index is 0.0111. The van der Waals surface area contributed by atoms with Gasteiger partial charge in [-0.15, -0.1) is 0 Å². The molecule has 0 aliphatic carbocycles. The van der Waals surface area contributed by atoms with Gasteiger partial charge < -0.3 is 14.2 Å². The van der Waals surface area contributed by atoms with Gasteiger partial charge in [0.2, 0.25) is 5.88 Å². The molecule has 7 nitrogen and oxygen atoms in total. The molecule has 0 spiro atoms. The van der Waals surface area contributed by atoms with Crippen molar-refractivity contribution in [1.29, 1.82) is 0 Å². The summed E-state index contributed by atoms with van der Waals surface area (Å²) >= 11 is 0. The van der Waals surface area contributed by atoms with E-state index in [1.807, 2.05) is 30.3 Å². The van der Waals surface area contributed by atoms with Gasteiger partial charge in [0.05, 0.1) is 29.7 Å². The standard InChI is InChI=1S/C21H20N2O5/c1-26-11-12-28-18-9-10-20(23(24)25)16(14-18)7-8-17-13-15-5-3-4-6-19(15)22-21(17)27-2/h3-10,13-14H,11-12H2,1-2H3. The summed E-state index contributed by atoms with van der Waals surface area (Å²) in [5.74, 6) is 0.982. The molecule has 3 aromatic rings. The molecular weight excluding hydrogens is 360 g/mol. The molecule has 0 saturated heterocycles. The fourth-order valence-corrected chi connectivity index (χ4v) is 2.74. The maximum Gasteiger partial charge on any atom is 0.276 e. The number of para-hydroxylation sites is 1. The number of ether oxygens (including phenoxy) is 3. The first-order chi connectivity index (χ1) is 13.6.